The number of fused-ring (bicyclic) bond motifs is 1. The van der Waals surface area contributed by atoms with E-state index in [0.717, 1.165) is 19.4 Å². The first kappa shape index (κ1) is 20.2. The minimum Gasteiger partial charge on any atom is -0.453 e. The molecule has 0 unspecified atom stereocenters. The smallest absolute Gasteiger partial charge is 0.409 e. The number of rotatable bonds is 5. The Kier molecular flexibility index (Phi) is 5.31. The quantitative estimate of drug-likeness (QED) is 0.641. The molecule has 0 radical (unpaired) electrons. The monoisotopic (exact) mass is 405 g/mol. The number of likely N-dealkylation sites (tertiary alicyclic amines) is 1. The van der Waals surface area contributed by atoms with E-state index in [4.69, 9.17) is 9.47 Å². The summed E-state index contributed by atoms with van der Waals surface area (Å²) >= 11 is 0. The molecule has 4 aliphatic rings. The molecule has 0 aromatic rings. The first-order chi connectivity index (χ1) is 13.9. The third kappa shape index (κ3) is 3.21. The van der Waals surface area contributed by atoms with Gasteiger partial charge in [-0.05, 0) is 5.92 Å². The molecule has 4 atom stereocenters. The number of amides is 3. The number of hydrogen-bond acceptors (Lipinski definition) is 5. The van der Waals surface area contributed by atoms with E-state index >= 15 is 0 Å². The van der Waals surface area contributed by atoms with Gasteiger partial charge in [-0.2, -0.15) is 0 Å². The van der Waals surface area contributed by atoms with Gasteiger partial charge in [-0.25, -0.2) is 4.79 Å². The summed E-state index contributed by atoms with van der Waals surface area (Å²) < 4.78 is 11.0. The Labute approximate surface area is 171 Å². The van der Waals surface area contributed by atoms with Crippen LogP contribution >= 0.6 is 0 Å². The molecular formula is C21H31N3O5. The maximum Gasteiger partial charge on any atom is 0.409 e. The molecule has 2 bridgehead atoms. The molecule has 4 heterocycles. The van der Waals surface area contributed by atoms with Crippen LogP contribution in [0.5, 0.6) is 0 Å². The fourth-order valence-corrected chi connectivity index (χ4v) is 5.32. The molecule has 1 spiro atoms. The maximum absolute atomic E-state index is 13.4. The van der Waals surface area contributed by atoms with E-state index in [-0.39, 0.29) is 24.0 Å². The lowest BCUT2D eigenvalue weighted by Gasteiger charge is -2.36. The van der Waals surface area contributed by atoms with Crippen LogP contribution in [0.2, 0.25) is 0 Å². The fourth-order valence-electron chi connectivity index (χ4n) is 5.32. The number of carbonyl (C=O) groups excluding carboxylic acids is 3. The zero-order valence-electron chi connectivity index (χ0n) is 17.5. The zero-order valence-corrected chi connectivity index (χ0v) is 17.5. The molecule has 0 aliphatic carbocycles. The van der Waals surface area contributed by atoms with Crippen molar-refractivity contribution < 1.29 is 23.9 Å². The molecule has 4 aliphatic heterocycles. The van der Waals surface area contributed by atoms with Crippen molar-refractivity contribution in [3.05, 3.63) is 12.2 Å². The minimum absolute atomic E-state index is 0.0338. The molecule has 0 saturated carbocycles. The van der Waals surface area contributed by atoms with E-state index in [1.54, 1.807) is 9.80 Å². The SMILES string of the molecule is CCC(CC)CN1C[C@]23C=C[C@H](O2)[C@H](C(=O)N2CCN(C(=O)OC)CC2)[C@@H]3C1=O. The molecule has 0 aromatic heterocycles. The van der Waals surface area contributed by atoms with Gasteiger partial charge in [0, 0.05) is 32.7 Å². The average molecular weight is 405 g/mol. The third-order valence-electron chi connectivity index (χ3n) is 7.12. The lowest BCUT2D eigenvalue weighted by molar-refractivity contribution is -0.144. The van der Waals surface area contributed by atoms with Gasteiger partial charge >= 0.3 is 6.09 Å². The van der Waals surface area contributed by atoms with Crippen LogP contribution in [0.15, 0.2) is 12.2 Å². The van der Waals surface area contributed by atoms with Gasteiger partial charge in [0.1, 0.15) is 5.60 Å². The van der Waals surface area contributed by atoms with Crippen molar-refractivity contribution >= 4 is 17.9 Å². The Bertz CT molecular complexity index is 713. The summed E-state index contributed by atoms with van der Waals surface area (Å²) in [4.78, 5) is 43.6. The number of methoxy groups -OCH3 is 1. The molecule has 3 fully saturated rings. The first-order valence-corrected chi connectivity index (χ1v) is 10.7. The van der Waals surface area contributed by atoms with E-state index in [2.05, 4.69) is 13.8 Å². The lowest BCUT2D eigenvalue weighted by Crippen LogP contribution is -2.54. The molecule has 29 heavy (non-hydrogen) atoms. The number of carbonyl (C=O) groups is 3. The summed E-state index contributed by atoms with van der Waals surface area (Å²) in [5.41, 5.74) is -0.651. The van der Waals surface area contributed by atoms with Gasteiger partial charge in [0.15, 0.2) is 0 Å². The molecule has 0 aromatic carbocycles. The highest BCUT2D eigenvalue weighted by Gasteiger charge is 2.67. The number of piperazine rings is 1. The van der Waals surface area contributed by atoms with Crippen molar-refractivity contribution in [3.8, 4) is 0 Å². The van der Waals surface area contributed by atoms with E-state index in [0.29, 0.717) is 38.6 Å². The van der Waals surface area contributed by atoms with Gasteiger partial charge < -0.3 is 24.2 Å². The van der Waals surface area contributed by atoms with Crippen molar-refractivity contribution in [2.45, 2.75) is 38.4 Å². The van der Waals surface area contributed by atoms with Crippen LogP contribution in [0, 0.1) is 17.8 Å². The summed E-state index contributed by atoms with van der Waals surface area (Å²) in [7, 11) is 1.36. The second-order valence-corrected chi connectivity index (χ2v) is 8.58. The Morgan fingerprint density at radius 2 is 1.86 bits per heavy atom. The predicted octanol–water partition coefficient (Wildman–Crippen LogP) is 1.12. The van der Waals surface area contributed by atoms with Gasteiger partial charge in [0.05, 0.1) is 31.6 Å². The molecule has 160 valence electrons. The summed E-state index contributed by atoms with van der Waals surface area (Å²) in [5.74, 6) is -0.415. The molecule has 8 nitrogen and oxygen atoms in total. The largest absolute Gasteiger partial charge is 0.453 e. The number of ether oxygens (including phenoxy) is 2. The molecule has 4 rings (SSSR count). The minimum atomic E-state index is -0.651. The third-order valence-corrected chi connectivity index (χ3v) is 7.12. The van der Waals surface area contributed by atoms with Gasteiger partial charge in [-0.3, -0.25) is 9.59 Å². The van der Waals surface area contributed by atoms with Crippen LogP contribution in [0.3, 0.4) is 0 Å². The van der Waals surface area contributed by atoms with Gasteiger partial charge in [-0.1, -0.05) is 38.8 Å². The van der Waals surface area contributed by atoms with Gasteiger partial charge in [0.2, 0.25) is 11.8 Å². The van der Waals surface area contributed by atoms with Crippen LogP contribution in [0.25, 0.3) is 0 Å². The van der Waals surface area contributed by atoms with Gasteiger partial charge in [-0.15, -0.1) is 0 Å². The van der Waals surface area contributed by atoms with Crippen LogP contribution in [0.4, 0.5) is 4.79 Å². The highest BCUT2D eigenvalue weighted by atomic mass is 16.5. The summed E-state index contributed by atoms with van der Waals surface area (Å²) in [6, 6.07) is 0. The summed E-state index contributed by atoms with van der Waals surface area (Å²) in [6.07, 6.45) is 5.33. The fraction of sp³-hybridized carbons (Fsp3) is 0.762. The molecule has 0 N–H and O–H groups in total. The predicted molar refractivity (Wildman–Crippen MR) is 105 cm³/mol. The van der Waals surface area contributed by atoms with Crippen LogP contribution in [0.1, 0.15) is 26.7 Å². The lowest BCUT2D eigenvalue weighted by atomic mass is 9.76. The second-order valence-electron chi connectivity index (χ2n) is 8.58. The highest BCUT2D eigenvalue weighted by Crippen LogP contribution is 2.52. The number of hydrogen-bond donors (Lipinski definition) is 0. The Hall–Kier alpha value is -2.09. The Balaban J connectivity index is 1.47. The van der Waals surface area contributed by atoms with Crippen LogP contribution in [-0.2, 0) is 19.1 Å². The van der Waals surface area contributed by atoms with Crippen LogP contribution < -0.4 is 0 Å². The van der Waals surface area contributed by atoms with E-state index in [1.165, 1.54) is 7.11 Å². The van der Waals surface area contributed by atoms with Crippen molar-refractivity contribution in [1.29, 1.82) is 0 Å². The average Bonchev–Trinajstić information content (AvgIpc) is 3.39. The van der Waals surface area contributed by atoms with E-state index in [9.17, 15) is 14.4 Å². The second kappa shape index (κ2) is 7.63. The summed E-state index contributed by atoms with van der Waals surface area (Å²) in [6.45, 7) is 7.35. The van der Waals surface area contributed by atoms with E-state index < -0.39 is 17.4 Å². The Morgan fingerprint density at radius 3 is 2.48 bits per heavy atom. The topological polar surface area (TPSA) is 79.4 Å². The standard InChI is InChI=1S/C21H31N3O5/c1-4-14(5-2)12-24-13-21-7-6-15(29-21)16(17(21)19(24)26)18(25)22-8-10-23(11-9-22)20(27)28-3/h6-7,14-17H,4-5,8-13H2,1-3H3/t15-,16-,17+,21-/m0/s1. The zero-order chi connectivity index (χ0) is 20.8. The molecular weight excluding hydrogens is 374 g/mol. The Morgan fingerprint density at radius 1 is 1.21 bits per heavy atom. The highest BCUT2D eigenvalue weighted by molar-refractivity contribution is 5.93. The van der Waals surface area contributed by atoms with Crippen molar-refractivity contribution in [2.24, 2.45) is 17.8 Å². The normalized spacial score (nSPS) is 33.0. The van der Waals surface area contributed by atoms with E-state index in [1.807, 2.05) is 17.1 Å². The van der Waals surface area contributed by atoms with Crippen LogP contribution in [-0.4, -0.2) is 90.7 Å². The first-order valence-electron chi connectivity index (χ1n) is 10.7. The molecule has 8 heteroatoms. The molecule has 3 saturated heterocycles. The van der Waals surface area contributed by atoms with Gasteiger partial charge in [0.25, 0.3) is 0 Å². The maximum atomic E-state index is 13.4. The summed E-state index contributed by atoms with van der Waals surface area (Å²) in [5, 5.41) is 0. The van der Waals surface area contributed by atoms with Crippen molar-refractivity contribution in [2.75, 3.05) is 46.4 Å². The van der Waals surface area contributed by atoms with Crippen molar-refractivity contribution in [1.82, 2.24) is 14.7 Å². The number of nitrogens with zero attached hydrogens (tertiary/aromatic N) is 3. The molecule has 3 amide bonds. The van der Waals surface area contributed by atoms with Crippen molar-refractivity contribution in [3.63, 3.8) is 0 Å².